The van der Waals surface area contributed by atoms with Gasteiger partial charge in [-0.05, 0) is 6.07 Å². The molecule has 84 valence electrons. The Morgan fingerprint density at radius 2 is 2.38 bits per heavy atom. The van der Waals surface area contributed by atoms with Crippen molar-refractivity contribution < 1.29 is 4.74 Å². The highest BCUT2D eigenvalue weighted by Gasteiger charge is 2.05. The lowest BCUT2D eigenvalue weighted by Gasteiger charge is -2.07. The maximum absolute atomic E-state index is 5.70. The van der Waals surface area contributed by atoms with Crippen LogP contribution in [0.1, 0.15) is 5.56 Å². The summed E-state index contributed by atoms with van der Waals surface area (Å²) in [7, 11) is 1.66. The average molecular weight is 252 g/mol. The number of rotatable bonds is 4. The van der Waals surface area contributed by atoms with E-state index in [0.717, 1.165) is 27.1 Å². The highest BCUT2D eigenvalue weighted by Crippen LogP contribution is 2.30. The van der Waals surface area contributed by atoms with E-state index in [1.165, 1.54) is 0 Å². The molecule has 0 saturated carbocycles. The third kappa shape index (κ3) is 2.68. The normalized spacial score (nSPS) is 10.3. The molecular weight excluding hydrogens is 240 g/mol. The number of nitrogen functional groups attached to an aromatic ring is 1. The van der Waals surface area contributed by atoms with Gasteiger partial charge in [-0.1, -0.05) is 17.8 Å². The molecule has 16 heavy (non-hydrogen) atoms. The second-order valence-corrected chi connectivity index (χ2v) is 5.28. The van der Waals surface area contributed by atoms with Crippen molar-refractivity contribution in [3.8, 4) is 5.75 Å². The molecule has 2 N–H and O–H groups in total. The summed E-state index contributed by atoms with van der Waals surface area (Å²) < 4.78 is 6.35. The summed E-state index contributed by atoms with van der Waals surface area (Å²) in [5, 5.41) is 1.97. The van der Waals surface area contributed by atoms with E-state index in [1.807, 2.05) is 29.8 Å². The van der Waals surface area contributed by atoms with Gasteiger partial charge in [-0.3, -0.25) is 0 Å². The van der Waals surface area contributed by atoms with E-state index in [2.05, 4.69) is 4.98 Å². The average Bonchev–Trinajstić information content (AvgIpc) is 2.80. The van der Waals surface area contributed by atoms with Crippen LogP contribution in [-0.2, 0) is 5.75 Å². The summed E-state index contributed by atoms with van der Waals surface area (Å²) >= 11 is 3.35. The lowest BCUT2D eigenvalue weighted by Crippen LogP contribution is -1.93. The summed E-state index contributed by atoms with van der Waals surface area (Å²) in [6, 6.07) is 5.73. The van der Waals surface area contributed by atoms with Crippen molar-refractivity contribution in [1.29, 1.82) is 0 Å². The maximum Gasteiger partial charge on any atom is 0.150 e. The first kappa shape index (κ1) is 11.3. The fourth-order valence-corrected chi connectivity index (χ4v) is 2.93. The van der Waals surface area contributed by atoms with Gasteiger partial charge in [0.05, 0.1) is 7.11 Å². The molecule has 0 radical (unpaired) electrons. The monoisotopic (exact) mass is 252 g/mol. The van der Waals surface area contributed by atoms with Gasteiger partial charge in [-0.2, -0.15) is 0 Å². The molecule has 0 aliphatic heterocycles. The van der Waals surface area contributed by atoms with Crippen LogP contribution < -0.4 is 10.5 Å². The van der Waals surface area contributed by atoms with E-state index < -0.39 is 0 Å². The molecule has 2 aromatic rings. The first-order valence-electron chi connectivity index (χ1n) is 4.74. The Kier molecular flexibility index (Phi) is 3.69. The Balaban J connectivity index is 2.09. The second-order valence-electron chi connectivity index (χ2n) is 3.16. The number of ether oxygens (including phenoxy) is 1. The minimum Gasteiger partial charge on any atom is -0.496 e. The van der Waals surface area contributed by atoms with E-state index >= 15 is 0 Å². The zero-order chi connectivity index (χ0) is 11.4. The van der Waals surface area contributed by atoms with Crippen molar-refractivity contribution in [2.45, 2.75) is 10.1 Å². The molecule has 0 atom stereocenters. The predicted octanol–water partition coefficient (Wildman–Crippen LogP) is 3.03. The lowest BCUT2D eigenvalue weighted by molar-refractivity contribution is 0.411. The standard InChI is InChI=1S/C11H12N2OS2/c1-14-10-6-9(12)3-2-8(10)7-16-11-13-4-5-15-11/h2-6H,7,12H2,1H3. The Morgan fingerprint density at radius 3 is 3.06 bits per heavy atom. The van der Waals surface area contributed by atoms with Crippen LogP contribution in [0.4, 0.5) is 5.69 Å². The number of anilines is 1. The van der Waals surface area contributed by atoms with Crippen molar-refractivity contribution in [3.05, 3.63) is 35.3 Å². The first-order chi connectivity index (χ1) is 7.79. The number of aromatic nitrogens is 1. The van der Waals surface area contributed by atoms with Gasteiger partial charge in [-0.15, -0.1) is 11.3 Å². The predicted molar refractivity (Wildman–Crippen MR) is 69.1 cm³/mol. The van der Waals surface area contributed by atoms with Gasteiger partial charge in [0.1, 0.15) is 10.1 Å². The third-order valence-corrected chi connectivity index (χ3v) is 4.09. The van der Waals surface area contributed by atoms with Crippen LogP contribution in [0.3, 0.4) is 0 Å². The number of thiazole rings is 1. The SMILES string of the molecule is COc1cc(N)ccc1CSc1nccs1. The van der Waals surface area contributed by atoms with E-state index in [0.29, 0.717) is 0 Å². The molecule has 0 amide bonds. The van der Waals surface area contributed by atoms with E-state index in [-0.39, 0.29) is 0 Å². The topological polar surface area (TPSA) is 48.1 Å². The number of benzene rings is 1. The molecule has 0 saturated heterocycles. The van der Waals surface area contributed by atoms with Gasteiger partial charge >= 0.3 is 0 Å². The van der Waals surface area contributed by atoms with Crippen LogP contribution in [0.5, 0.6) is 5.75 Å². The third-order valence-electron chi connectivity index (χ3n) is 2.07. The molecule has 3 nitrogen and oxygen atoms in total. The number of nitrogens with two attached hydrogens (primary N) is 1. The zero-order valence-corrected chi connectivity index (χ0v) is 10.5. The lowest BCUT2D eigenvalue weighted by atomic mass is 10.2. The molecule has 1 aromatic heterocycles. The quantitative estimate of drug-likeness (QED) is 0.671. The molecule has 5 heteroatoms. The Morgan fingerprint density at radius 1 is 1.50 bits per heavy atom. The molecule has 1 aromatic carbocycles. The van der Waals surface area contributed by atoms with Gasteiger partial charge in [0.2, 0.25) is 0 Å². The number of nitrogens with zero attached hydrogens (tertiary/aromatic N) is 1. The van der Waals surface area contributed by atoms with Crippen molar-refractivity contribution in [1.82, 2.24) is 4.98 Å². The fraction of sp³-hybridized carbons (Fsp3) is 0.182. The summed E-state index contributed by atoms with van der Waals surface area (Å²) in [5.74, 6) is 1.68. The highest BCUT2D eigenvalue weighted by atomic mass is 32.2. The van der Waals surface area contributed by atoms with Crippen molar-refractivity contribution in [3.63, 3.8) is 0 Å². The zero-order valence-electron chi connectivity index (χ0n) is 8.84. The van der Waals surface area contributed by atoms with Gasteiger partial charge in [0.15, 0.2) is 0 Å². The highest BCUT2D eigenvalue weighted by molar-refractivity contribution is 8.00. The Hall–Kier alpha value is -1.20. The Labute approximate surface area is 103 Å². The fourth-order valence-electron chi connectivity index (χ4n) is 1.30. The smallest absolute Gasteiger partial charge is 0.150 e. The minimum absolute atomic E-state index is 0.722. The number of methoxy groups -OCH3 is 1. The second kappa shape index (κ2) is 5.23. The minimum atomic E-state index is 0.722. The van der Waals surface area contributed by atoms with Gasteiger partial charge < -0.3 is 10.5 Å². The molecule has 0 unspecified atom stereocenters. The van der Waals surface area contributed by atoms with Crippen LogP contribution in [0.25, 0.3) is 0 Å². The summed E-state index contributed by atoms with van der Waals surface area (Å²) in [6.07, 6.45) is 1.81. The van der Waals surface area contributed by atoms with Gasteiger partial charge in [0, 0.05) is 34.6 Å². The molecule has 0 aliphatic rings. The first-order valence-corrected chi connectivity index (χ1v) is 6.61. The molecule has 0 fully saturated rings. The van der Waals surface area contributed by atoms with Crippen LogP contribution in [0, 0.1) is 0 Å². The van der Waals surface area contributed by atoms with Crippen LogP contribution in [-0.4, -0.2) is 12.1 Å². The van der Waals surface area contributed by atoms with Crippen LogP contribution >= 0.6 is 23.1 Å². The maximum atomic E-state index is 5.70. The Bertz CT molecular complexity index is 457. The van der Waals surface area contributed by atoms with E-state index in [4.69, 9.17) is 10.5 Å². The van der Waals surface area contributed by atoms with Crippen molar-refractivity contribution in [2.75, 3.05) is 12.8 Å². The summed E-state index contributed by atoms with van der Waals surface area (Å²) in [6.45, 7) is 0. The molecule has 2 rings (SSSR count). The molecule has 0 bridgehead atoms. The molecule has 0 spiro atoms. The van der Waals surface area contributed by atoms with Gasteiger partial charge in [0.25, 0.3) is 0 Å². The van der Waals surface area contributed by atoms with Crippen molar-refractivity contribution in [2.24, 2.45) is 0 Å². The van der Waals surface area contributed by atoms with Crippen LogP contribution in [0.15, 0.2) is 34.1 Å². The number of thioether (sulfide) groups is 1. The summed E-state index contributed by atoms with van der Waals surface area (Å²) in [5.41, 5.74) is 7.55. The van der Waals surface area contributed by atoms with Gasteiger partial charge in [-0.25, -0.2) is 4.98 Å². The number of hydrogen-bond donors (Lipinski definition) is 1. The van der Waals surface area contributed by atoms with Crippen LogP contribution in [0.2, 0.25) is 0 Å². The molecule has 0 aliphatic carbocycles. The molecule has 1 heterocycles. The number of hydrogen-bond acceptors (Lipinski definition) is 5. The largest absolute Gasteiger partial charge is 0.496 e. The van der Waals surface area contributed by atoms with Crippen molar-refractivity contribution >= 4 is 28.8 Å². The molecular formula is C11H12N2OS2. The summed E-state index contributed by atoms with van der Waals surface area (Å²) in [4.78, 5) is 4.22. The van der Waals surface area contributed by atoms with E-state index in [9.17, 15) is 0 Å². The van der Waals surface area contributed by atoms with E-state index in [1.54, 1.807) is 30.2 Å².